The summed E-state index contributed by atoms with van der Waals surface area (Å²) in [6.45, 7) is 3.74. The molecule has 1 aromatic rings. The molecule has 0 radical (unpaired) electrons. The molecule has 0 atom stereocenters. The second kappa shape index (κ2) is 4.78. The molecule has 1 aliphatic carbocycles. The Kier molecular flexibility index (Phi) is 3.54. The highest BCUT2D eigenvalue weighted by Crippen LogP contribution is 2.34. The quantitative estimate of drug-likeness (QED) is 0.860. The summed E-state index contributed by atoms with van der Waals surface area (Å²) in [4.78, 5) is 2.43. The Bertz CT molecular complexity index is 377. The molecule has 4 heteroatoms. The first-order valence-corrected chi connectivity index (χ1v) is 6.48. The van der Waals surface area contributed by atoms with Gasteiger partial charge in [0.2, 0.25) is 0 Å². The second-order valence-electron chi connectivity index (χ2n) is 5.39. The van der Waals surface area contributed by atoms with Gasteiger partial charge in [-0.15, -0.1) is 0 Å². The van der Waals surface area contributed by atoms with Crippen molar-refractivity contribution in [2.45, 2.75) is 44.7 Å². The summed E-state index contributed by atoms with van der Waals surface area (Å²) in [7, 11) is 4.21. The van der Waals surface area contributed by atoms with Gasteiger partial charge in [-0.25, -0.2) is 0 Å². The van der Waals surface area contributed by atoms with Gasteiger partial charge < -0.3 is 5.73 Å². The molecule has 1 saturated carbocycles. The van der Waals surface area contributed by atoms with E-state index in [1.165, 1.54) is 31.4 Å². The molecule has 0 unspecified atom stereocenters. The summed E-state index contributed by atoms with van der Waals surface area (Å²) < 4.78 is 1.98. The van der Waals surface area contributed by atoms with Crippen molar-refractivity contribution in [3.8, 4) is 0 Å². The Morgan fingerprint density at radius 1 is 1.47 bits per heavy atom. The number of aryl methyl sites for hydroxylation is 2. The minimum atomic E-state index is 0.220. The number of nitrogens with two attached hydrogens (primary N) is 1. The van der Waals surface area contributed by atoms with Crippen molar-refractivity contribution in [1.82, 2.24) is 14.7 Å². The molecule has 0 aliphatic heterocycles. The van der Waals surface area contributed by atoms with Crippen molar-refractivity contribution >= 4 is 0 Å². The first kappa shape index (κ1) is 12.6. The summed E-state index contributed by atoms with van der Waals surface area (Å²) in [5.41, 5.74) is 8.58. The zero-order chi connectivity index (χ0) is 12.5. The van der Waals surface area contributed by atoms with Crippen molar-refractivity contribution < 1.29 is 0 Å². The predicted octanol–water partition coefficient (Wildman–Crippen LogP) is 1.43. The number of nitrogens with zero attached hydrogens (tertiary/aromatic N) is 3. The number of hydrogen-bond donors (Lipinski definition) is 1. The van der Waals surface area contributed by atoms with Crippen LogP contribution in [0, 0.1) is 6.92 Å². The van der Waals surface area contributed by atoms with Crippen LogP contribution in [0.5, 0.6) is 0 Å². The lowest BCUT2D eigenvalue weighted by Crippen LogP contribution is -2.49. The zero-order valence-corrected chi connectivity index (χ0v) is 11.2. The van der Waals surface area contributed by atoms with Gasteiger partial charge in [-0.1, -0.05) is 12.8 Å². The van der Waals surface area contributed by atoms with Crippen molar-refractivity contribution in [2.24, 2.45) is 12.8 Å². The molecule has 0 aromatic carbocycles. The maximum Gasteiger partial charge on any atom is 0.0597 e. The van der Waals surface area contributed by atoms with E-state index in [9.17, 15) is 0 Å². The molecule has 1 fully saturated rings. The molecule has 1 aromatic heterocycles. The molecule has 0 saturated heterocycles. The third-order valence-corrected chi connectivity index (χ3v) is 4.22. The summed E-state index contributed by atoms with van der Waals surface area (Å²) in [6, 6.07) is 2.16. The molecule has 2 N–H and O–H groups in total. The van der Waals surface area contributed by atoms with E-state index < -0.39 is 0 Å². The Labute approximate surface area is 104 Å². The molecule has 17 heavy (non-hydrogen) atoms. The van der Waals surface area contributed by atoms with E-state index in [2.05, 4.69) is 23.1 Å². The average molecular weight is 236 g/mol. The lowest BCUT2D eigenvalue weighted by atomic mass is 9.95. The molecule has 96 valence electrons. The van der Waals surface area contributed by atoms with E-state index >= 15 is 0 Å². The topological polar surface area (TPSA) is 47.1 Å². The summed E-state index contributed by atoms with van der Waals surface area (Å²) in [5, 5.41) is 4.40. The third-order valence-electron chi connectivity index (χ3n) is 4.22. The molecule has 0 amide bonds. The molecular weight excluding hydrogens is 212 g/mol. The minimum absolute atomic E-state index is 0.220. The van der Waals surface area contributed by atoms with Gasteiger partial charge in [0.15, 0.2) is 0 Å². The third kappa shape index (κ3) is 2.38. The zero-order valence-electron chi connectivity index (χ0n) is 11.2. The first-order valence-electron chi connectivity index (χ1n) is 6.48. The summed E-state index contributed by atoms with van der Waals surface area (Å²) in [5.74, 6) is 0. The fourth-order valence-electron chi connectivity index (χ4n) is 3.00. The van der Waals surface area contributed by atoms with Crippen molar-refractivity contribution in [3.05, 3.63) is 17.5 Å². The molecule has 0 spiro atoms. The fraction of sp³-hybridized carbons (Fsp3) is 0.769. The number of likely N-dealkylation sites (N-methyl/N-ethyl adjacent to an activating group) is 1. The summed E-state index contributed by atoms with van der Waals surface area (Å²) in [6.07, 6.45) is 5.09. The highest BCUT2D eigenvalue weighted by Gasteiger charge is 2.36. The van der Waals surface area contributed by atoms with Crippen LogP contribution in [0.15, 0.2) is 6.07 Å². The lowest BCUT2D eigenvalue weighted by molar-refractivity contribution is 0.121. The maximum absolute atomic E-state index is 6.00. The van der Waals surface area contributed by atoms with E-state index in [0.29, 0.717) is 0 Å². The van der Waals surface area contributed by atoms with Gasteiger partial charge >= 0.3 is 0 Å². The predicted molar refractivity (Wildman–Crippen MR) is 69.7 cm³/mol. The number of hydrogen-bond acceptors (Lipinski definition) is 3. The van der Waals surface area contributed by atoms with Gasteiger partial charge in [0.05, 0.1) is 11.4 Å². The van der Waals surface area contributed by atoms with Gasteiger partial charge in [-0.05, 0) is 32.9 Å². The van der Waals surface area contributed by atoms with Crippen LogP contribution in [0.1, 0.15) is 37.1 Å². The van der Waals surface area contributed by atoms with Crippen molar-refractivity contribution in [2.75, 3.05) is 13.6 Å². The number of aromatic nitrogens is 2. The van der Waals surface area contributed by atoms with Gasteiger partial charge in [-0.2, -0.15) is 5.10 Å². The highest BCUT2D eigenvalue weighted by atomic mass is 15.3. The normalized spacial score (nSPS) is 19.1. The van der Waals surface area contributed by atoms with E-state index in [-0.39, 0.29) is 5.54 Å². The van der Waals surface area contributed by atoms with E-state index in [1.807, 2.05) is 18.7 Å². The van der Waals surface area contributed by atoms with Crippen LogP contribution in [0.25, 0.3) is 0 Å². The minimum Gasteiger partial charge on any atom is -0.329 e. The molecule has 1 aliphatic rings. The lowest BCUT2D eigenvalue weighted by Gasteiger charge is -2.37. The monoisotopic (exact) mass is 236 g/mol. The van der Waals surface area contributed by atoms with Crippen molar-refractivity contribution in [1.29, 1.82) is 0 Å². The van der Waals surface area contributed by atoms with Crippen molar-refractivity contribution in [3.63, 3.8) is 0 Å². The highest BCUT2D eigenvalue weighted by molar-refractivity contribution is 5.09. The second-order valence-corrected chi connectivity index (χ2v) is 5.39. The van der Waals surface area contributed by atoms with Gasteiger partial charge in [0.1, 0.15) is 0 Å². The Balaban J connectivity index is 2.10. The van der Waals surface area contributed by atoms with E-state index in [0.717, 1.165) is 18.8 Å². The van der Waals surface area contributed by atoms with Crippen LogP contribution in [-0.4, -0.2) is 33.8 Å². The standard InChI is InChI=1S/C13H24N4/c1-11-8-12(17(3)15-11)9-16(2)13(10-14)6-4-5-7-13/h8H,4-7,9-10,14H2,1-3H3. The van der Waals surface area contributed by atoms with Crippen LogP contribution in [0.2, 0.25) is 0 Å². The van der Waals surface area contributed by atoms with Gasteiger partial charge in [0.25, 0.3) is 0 Å². The molecule has 4 nitrogen and oxygen atoms in total. The fourth-order valence-corrected chi connectivity index (χ4v) is 3.00. The SMILES string of the molecule is Cc1cc(CN(C)C2(CN)CCCC2)n(C)n1. The van der Waals surface area contributed by atoms with E-state index in [4.69, 9.17) is 5.73 Å². The van der Waals surface area contributed by atoms with Gasteiger partial charge in [0, 0.05) is 25.7 Å². The number of rotatable bonds is 4. The van der Waals surface area contributed by atoms with Crippen LogP contribution in [-0.2, 0) is 13.6 Å². The van der Waals surface area contributed by atoms with Crippen LogP contribution < -0.4 is 5.73 Å². The van der Waals surface area contributed by atoms with E-state index in [1.54, 1.807) is 0 Å². The van der Waals surface area contributed by atoms with Crippen LogP contribution >= 0.6 is 0 Å². The molecule has 0 bridgehead atoms. The summed E-state index contributed by atoms with van der Waals surface area (Å²) >= 11 is 0. The Morgan fingerprint density at radius 3 is 2.59 bits per heavy atom. The van der Waals surface area contributed by atoms with Gasteiger partial charge in [-0.3, -0.25) is 9.58 Å². The molecular formula is C13H24N4. The average Bonchev–Trinajstić information content (AvgIpc) is 2.87. The van der Waals surface area contributed by atoms with Crippen LogP contribution in [0.4, 0.5) is 0 Å². The first-order chi connectivity index (χ1) is 8.07. The largest absolute Gasteiger partial charge is 0.329 e. The van der Waals surface area contributed by atoms with Crippen LogP contribution in [0.3, 0.4) is 0 Å². The maximum atomic E-state index is 6.00. The molecule has 2 rings (SSSR count). The Morgan fingerprint density at radius 2 is 2.12 bits per heavy atom. The smallest absolute Gasteiger partial charge is 0.0597 e. The Hall–Kier alpha value is -0.870. The molecule has 1 heterocycles.